The van der Waals surface area contributed by atoms with Gasteiger partial charge in [-0.25, -0.2) is 4.79 Å². The Morgan fingerprint density at radius 3 is 2.31 bits per heavy atom. The van der Waals surface area contributed by atoms with Gasteiger partial charge in [-0.1, -0.05) is 0 Å². The number of carbonyl (C=O) groups is 2. The monoisotopic (exact) mass is 361 g/mol. The van der Waals surface area contributed by atoms with E-state index in [0.29, 0.717) is 6.54 Å². The normalized spacial score (nSPS) is 14.7. The molecule has 6 heteroatoms. The molecule has 6 nitrogen and oxygen atoms in total. The minimum absolute atomic E-state index is 0.119. The van der Waals surface area contributed by atoms with Crippen molar-refractivity contribution in [3.05, 3.63) is 24.3 Å². The molecule has 0 bridgehead atoms. The van der Waals surface area contributed by atoms with Crippen molar-refractivity contribution in [1.82, 2.24) is 4.90 Å². The van der Waals surface area contributed by atoms with E-state index in [-0.39, 0.29) is 12.3 Å². The molecule has 144 valence electrons. The fourth-order valence-electron chi connectivity index (χ4n) is 2.83. The second kappa shape index (κ2) is 8.92. The van der Waals surface area contributed by atoms with Gasteiger partial charge >= 0.3 is 6.09 Å². The van der Waals surface area contributed by atoms with Gasteiger partial charge in [-0.15, -0.1) is 0 Å². The predicted octanol–water partition coefficient (Wildman–Crippen LogP) is 3.87. The highest BCUT2D eigenvalue weighted by Crippen LogP contribution is 2.21. The van der Waals surface area contributed by atoms with Crippen LogP contribution in [-0.4, -0.2) is 49.2 Å². The van der Waals surface area contributed by atoms with Crippen LogP contribution in [0.15, 0.2) is 24.3 Å². The number of anilines is 2. The minimum Gasteiger partial charge on any atom is -0.444 e. The van der Waals surface area contributed by atoms with Crippen LogP contribution in [0.3, 0.4) is 0 Å². The number of hydrogen-bond donors (Lipinski definition) is 1. The zero-order valence-corrected chi connectivity index (χ0v) is 16.4. The minimum atomic E-state index is -0.538. The van der Waals surface area contributed by atoms with E-state index in [9.17, 15) is 9.59 Å². The number of nitrogens with zero attached hydrogens (tertiary/aromatic N) is 2. The number of piperidine rings is 1. The van der Waals surface area contributed by atoms with E-state index in [0.717, 1.165) is 18.8 Å². The van der Waals surface area contributed by atoms with Gasteiger partial charge in [-0.2, -0.15) is 0 Å². The summed E-state index contributed by atoms with van der Waals surface area (Å²) in [5.41, 5.74) is 1.44. The average molecular weight is 361 g/mol. The fraction of sp³-hybridized carbons (Fsp3) is 0.600. The molecule has 26 heavy (non-hydrogen) atoms. The van der Waals surface area contributed by atoms with Crippen LogP contribution in [0.2, 0.25) is 0 Å². The zero-order valence-electron chi connectivity index (χ0n) is 16.4. The van der Waals surface area contributed by atoms with E-state index < -0.39 is 11.7 Å². The summed E-state index contributed by atoms with van der Waals surface area (Å²) in [6.07, 6.45) is 3.59. The Hall–Kier alpha value is -2.24. The first-order chi connectivity index (χ1) is 12.2. The lowest BCUT2D eigenvalue weighted by Crippen LogP contribution is -2.35. The molecular weight excluding hydrogens is 330 g/mol. The molecule has 1 heterocycles. The summed E-state index contributed by atoms with van der Waals surface area (Å²) in [6, 6.07) is 7.96. The van der Waals surface area contributed by atoms with E-state index in [1.165, 1.54) is 29.8 Å². The van der Waals surface area contributed by atoms with E-state index in [2.05, 4.69) is 10.2 Å². The van der Waals surface area contributed by atoms with Crippen LogP contribution in [0.4, 0.5) is 16.2 Å². The standard InChI is InChI=1S/C20H31N3O3/c1-20(2,3)26-19(25)22(4)15-12-18(24)21-16-8-10-17(11-9-16)23-13-6-5-7-14-23/h8-11H,5-7,12-15H2,1-4H3,(H,21,24). The molecule has 1 aromatic rings. The molecule has 0 saturated carbocycles. The fourth-order valence-corrected chi connectivity index (χ4v) is 2.83. The second-order valence-electron chi connectivity index (χ2n) is 7.79. The lowest BCUT2D eigenvalue weighted by atomic mass is 10.1. The predicted molar refractivity (Wildman–Crippen MR) is 105 cm³/mol. The van der Waals surface area contributed by atoms with Crippen molar-refractivity contribution < 1.29 is 14.3 Å². The summed E-state index contributed by atoms with van der Waals surface area (Å²) in [4.78, 5) is 27.8. The van der Waals surface area contributed by atoms with E-state index in [4.69, 9.17) is 4.74 Å². The third kappa shape index (κ3) is 6.58. The molecular formula is C20H31N3O3. The molecule has 1 N–H and O–H groups in total. The Kier molecular flexibility index (Phi) is 6.89. The smallest absolute Gasteiger partial charge is 0.410 e. The van der Waals surface area contributed by atoms with Crippen molar-refractivity contribution in [2.75, 3.05) is 36.9 Å². The van der Waals surface area contributed by atoms with Crippen molar-refractivity contribution >= 4 is 23.4 Å². The van der Waals surface area contributed by atoms with Gasteiger partial charge in [-0.05, 0) is 64.3 Å². The first-order valence-electron chi connectivity index (χ1n) is 9.33. The Morgan fingerprint density at radius 1 is 1.12 bits per heavy atom. The van der Waals surface area contributed by atoms with Crippen molar-refractivity contribution in [2.24, 2.45) is 0 Å². The van der Waals surface area contributed by atoms with Crippen LogP contribution in [0.5, 0.6) is 0 Å². The number of carbonyl (C=O) groups excluding carboxylic acids is 2. The van der Waals surface area contributed by atoms with Crippen molar-refractivity contribution in [3.8, 4) is 0 Å². The Bertz CT molecular complexity index is 602. The van der Waals surface area contributed by atoms with E-state index in [1.54, 1.807) is 7.05 Å². The van der Waals surface area contributed by atoms with Crippen molar-refractivity contribution in [1.29, 1.82) is 0 Å². The molecule has 2 rings (SSSR count). The maximum atomic E-state index is 12.1. The van der Waals surface area contributed by atoms with Crippen LogP contribution in [0.1, 0.15) is 46.5 Å². The molecule has 1 fully saturated rings. The van der Waals surface area contributed by atoms with Crippen molar-refractivity contribution in [3.63, 3.8) is 0 Å². The van der Waals surface area contributed by atoms with Gasteiger partial charge in [-0.3, -0.25) is 4.79 Å². The molecule has 1 aliphatic rings. The number of amides is 2. The van der Waals surface area contributed by atoms with Crippen LogP contribution in [0, 0.1) is 0 Å². The van der Waals surface area contributed by atoms with Gasteiger partial charge in [0.2, 0.25) is 5.91 Å². The Balaban J connectivity index is 1.77. The molecule has 0 unspecified atom stereocenters. The number of ether oxygens (including phenoxy) is 1. The topological polar surface area (TPSA) is 61.9 Å². The van der Waals surface area contributed by atoms with Gasteiger partial charge in [0.1, 0.15) is 5.60 Å². The molecule has 2 amide bonds. The van der Waals surface area contributed by atoms with Crippen LogP contribution in [0.25, 0.3) is 0 Å². The summed E-state index contributed by atoms with van der Waals surface area (Å²) >= 11 is 0. The quantitative estimate of drug-likeness (QED) is 0.865. The van der Waals surface area contributed by atoms with Gasteiger partial charge in [0.15, 0.2) is 0 Å². The maximum absolute atomic E-state index is 12.1. The van der Waals surface area contributed by atoms with Gasteiger partial charge in [0.05, 0.1) is 0 Å². The highest BCUT2D eigenvalue weighted by atomic mass is 16.6. The van der Waals surface area contributed by atoms with Crippen LogP contribution < -0.4 is 10.2 Å². The Labute approximate surface area is 156 Å². The van der Waals surface area contributed by atoms with E-state index >= 15 is 0 Å². The molecule has 1 saturated heterocycles. The summed E-state index contributed by atoms with van der Waals surface area (Å²) in [5, 5.41) is 2.88. The molecule has 0 atom stereocenters. The number of nitrogens with one attached hydrogen (secondary N) is 1. The first-order valence-corrected chi connectivity index (χ1v) is 9.33. The highest BCUT2D eigenvalue weighted by Gasteiger charge is 2.20. The van der Waals surface area contributed by atoms with Crippen LogP contribution in [-0.2, 0) is 9.53 Å². The zero-order chi connectivity index (χ0) is 19.2. The molecule has 0 aromatic heterocycles. The van der Waals surface area contributed by atoms with Gasteiger partial charge < -0.3 is 19.9 Å². The lowest BCUT2D eigenvalue weighted by Gasteiger charge is -2.28. The summed E-state index contributed by atoms with van der Waals surface area (Å²) in [7, 11) is 1.63. The second-order valence-corrected chi connectivity index (χ2v) is 7.79. The molecule has 0 spiro atoms. The molecule has 1 aliphatic heterocycles. The molecule has 0 radical (unpaired) electrons. The SMILES string of the molecule is CN(CCC(=O)Nc1ccc(N2CCCCC2)cc1)C(=O)OC(C)(C)C. The average Bonchev–Trinajstić information content (AvgIpc) is 2.59. The Morgan fingerprint density at radius 2 is 1.73 bits per heavy atom. The van der Waals surface area contributed by atoms with Gasteiger partial charge in [0, 0.05) is 44.5 Å². The maximum Gasteiger partial charge on any atom is 0.410 e. The third-order valence-electron chi connectivity index (χ3n) is 4.25. The highest BCUT2D eigenvalue weighted by molar-refractivity contribution is 5.91. The summed E-state index contributed by atoms with van der Waals surface area (Å²) in [6.45, 7) is 7.97. The molecule has 1 aromatic carbocycles. The van der Waals surface area contributed by atoms with Crippen LogP contribution >= 0.6 is 0 Å². The third-order valence-corrected chi connectivity index (χ3v) is 4.25. The first kappa shape index (κ1) is 20.1. The largest absolute Gasteiger partial charge is 0.444 e. The number of hydrogen-bond acceptors (Lipinski definition) is 4. The van der Waals surface area contributed by atoms with E-state index in [1.807, 2.05) is 45.0 Å². The number of benzene rings is 1. The number of rotatable bonds is 5. The summed E-state index contributed by atoms with van der Waals surface area (Å²) < 4.78 is 5.27. The van der Waals surface area contributed by atoms with Crippen molar-refractivity contribution in [2.45, 2.75) is 52.1 Å². The molecule has 0 aliphatic carbocycles. The van der Waals surface area contributed by atoms with Gasteiger partial charge in [0.25, 0.3) is 0 Å². The lowest BCUT2D eigenvalue weighted by molar-refractivity contribution is -0.116. The summed E-state index contributed by atoms with van der Waals surface area (Å²) in [5.74, 6) is -0.119.